The third-order valence-electron chi connectivity index (χ3n) is 3.52. The molecule has 2 rings (SSSR count). The minimum atomic E-state index is -0.229. The van der Waals surface area contributed by atoms with Crippen LogP contribution in [-0.2, 0) is 16.0 Å². The Kier molecular flexibility index (Phi) is 3.97. The van der Waals surface area contributed by atoms with Crippen molar-refractivity contribution in [2.75, 3.05) is 27.2 Å². The largest absolute Gasteiger partial charge is 0.469 e. The molecule has 0 radical (unpaired) electrons. The maximum absolute atomic E-state index is 11.6. The van der Waals surface area contributed by atoms with Crippen molar-refractivity contribution in [1.29, 1.82) is 0 Å². The Bertz CT molecular complexity index is 402. The van der Waals surface area contributed by atoms with Crippen molar-refractivity contribution in [1.82, 2.24) is 9.88 Å². The van der Waals surface area contributed by atoms with Gasteiger partial charge >= 0.3 is 5.97 Å². The van der Waals surface area contributed by atoms with Crippen LogP contribution in [0.1, 0.15) is 18.5 Å². The number of pyridine rings is 1. The third-order valence-corrected chi connectivity index (χ3v) is 3.52. The van der Waals surface area contributed by atoms with Gasteiger partial charge in [-0.3, -0.25) is 9.78 Å². The highest BCUT2D eigenvalue weighted by molar-refractivity contribution is 5.80. The van der Waals surface area contributed by atoms with Gasteiger partial charge < -0.3 is 9.64 Å². The van der Waals surface area contributed by atoms with E-state index in [1.54, 1.807) is 0 Å². The number of ether oxygens (including phenoxy) is 1. The van der Waals surface area contributed by atoms with Crippen molar-refractivity contribution in [2.24, 2.45) is 5.41 Å². The normalized spacial score (nSPS) is 16.6. The lowest BCUT2D eigenvalue weighted by Gasteiger charge is -2.21. The summed E-state index contributed by atoms with van der Waals surface area (Å²) < 4.78 is 4.86. The van der Waals surface area contributed by atoms with E-state index in [0.717, 1.165) is 38.0 Å². The molecule has 0 amide bonds. The minimum absolute atomic E-state index is 0.0628. The average Bonchev–Trinajstić information content (AvgIpc) is 3.17. The zero-order valence-electron chi connectivity index (χ0n) is 11.1. The first kappa shape index (κ1) is 13.0. The SMILES string of the molecule is COC(=O)C1(CN(C)CCc2ccccn2)CC1. The molecule has 0 N–H and O–H groups in total. The lowest BCUT2D eigenvalue weighted by Crippen LogP contribution is -2.33. The van der Waals surface area contributed by atoms with Gasteiger partial charge in [-0.1, -0.05) is 6.07 Å². The molecule has 1 heterocycles. The lowest BCUT2D eigenvalue weighted by atomic mass is 10.1. The molecule has 1 aliphatic rings. The fraction of sp³-hybridized carbons (Fsp3) is 0.571. The van der Waals surface area contributed by atoms with Gasteiger partial charge in [0, 0.05) is 31.4 Å². The topological polar surface area (TPSA) is 42.4 Å². The molecule has 4 heteroatoms. The molecule has 0 aromatic carbocycles. The number of hydrogen-bond donors (Lipinski definition) is 0. The average molecular weight is 248 g/mol. The van der Waals surface area contributed by atoms with Crippen molar-refractivity contribution in [2.45, 2.75) is 19.3 Å². The Balaban J connectivity index is 1.79. The highest BCUT2D eigenvalue weighted by Crippen LogP contribution is 2.47. The number of hydrogen-bond acceptors (Lipinski definition) is 4. The van der Waals surface area contributed by atoms with E-state index in [2.05, 4.69) is 9.88 Å². The van der Waals surface area contributed by atoms with Crippen molar-refractivity contribution in [3.63, 3.8) is 0 Å². The van der Waals surface area contributed by atoms with Crippen LogP contribution < -0.4 is 0 Å². The number of nitrogens with zero attached hydrogens (tertiary/aromatic N) is 2. The second-order valence-corrected chi connectivity index (χ2v) is 5.08. The Morgan fingerprint density at radius 2 is 2.28 bits per heavy atom. The van der Waals surface area contributed by atoms with Gasteiger partial charge in [0.25, 0.3) is 0 Å². The molecule has 0 aliphatic heterocycles. The molecule has 1 fully saturated rings. The number of likely N-dealkylation sites (N-methyl/N-ethyl adjacent to an activating group) is 1. The maximum atomic E-state index is 11.6. The van der Waals surface area contributed by atoms with Crippen molar-refractivity contribution in [3.05, 3.63) is 30.1 Å². The number of rotatable bonds is 6. The summed E-state index contributed by atoms with van der Waals surface area (Å²) >= 11 is 0. The van der Waals surface area contributed by atoms with E-state index in [0.29, 0.717) is 0 Å². The number of carbonyl (C=O) groups excluding carboxylic acids is 1. The molecule has 98 valence electrons. The standard InChI is InChI=1S/C14H20N2O2/c1-16(10-6-12-5-3-4-9-15-12)11-14(7-8-14)13(17)18-2/h3-5,9H,6-8,10-11H2,1-2H3. The number of aromatic nitrogens is 1. The van der Waals surface area contributed by atoms with Crippen LogP contribution in [0.25, 0.3) is 0 Å². The van der Waals surface area contributed by atoms with Gasteiger partial charge in [0.1, 0.15) is 0 Å². The molecule has 18 heavy (non-hydrogen) atoms. The van der Waals surface area contributed by atoms with E-state index in [4.69, 9.17) is 4.74 Å². The van der Waals surface area contributed by atoms with Gasteiger partial charge in [-0.05, 0) is 32.0 Å². The number of methoxy groups -OCH3 is 1. The molecule has 0 saturated heterocycles. The summed E-state index contributed by atoms with van der Waals surface area (Å²) in [4.78, 5) is 18.1. The third kappa shape index (κ3) is 3.07. The van der Waals surface area contributed by atoms with E-state index in [1.807, 2.05) is 31.4 Å². The summed E-state index contributed by atoms with van der Waals surface area (Å²) in [5.74, 6) is -0.0628. The van der Waals surface area contributed by atoms with E-state index in [9.17, 15) is 4.79 Å². The van der Waals surface area contributed by atoms with E-state index >= 15 is 0 Å². The molecule has 1 saturated carbocycles. The zero-order chi connectivity index (χ0) is 13.0. The van der Waals surface area contributed by atoms with Gasteiger partial charge in [0.05, 0.1) is 12.5 Å². The van der Waals surface area contributed by atoms with Gasteiger partial charge in [0.2, 0.25) is 0 Å². The molecule has 0 unspecified atom stereocenters. The first-order valence-corrected chi connectivity index (χ1v) is 6.33. The molecule has 1 aromatic heterocycles. The lowest BCUT2D eigenvalue weighted by molar-refractivity contribution is -0.147. The van der Waals surface area contributed by atoms with Crippen molar-refractivity contribution >= 4 is 5.97 Å². The maximum Gasteiger partial charge on any atom is 0.313 e. The van der Waals surface area contributed by atoms with Crippen LogP contribution in [-0.4, -0.2) is 43.1 Å². The van der Waals surface area contributed by atoms with E-state index < -0.39 is 0 Å². The van der Waals surface area contributed by atoms with Gasteiger partial charge in [0.15, 0.2) is 0 Å². The number of carbonyl (C=O) groups is 1. The first-order chi connectivity index (χ1) is 8.66. The van der Waals surface area contributed by atoms with Crippen molar-refractivity contribution in [3.8, 4) is 0 Å². The van der Waals surface area contributed by atoms with Crippen LogP contribution in [0.5, 0.6) is 0 Å². The molecule has 1 aliphatic carbocycles. The smallest absolute Gasteiger partial charge is 0.313 e. The van der Waals surface area contributed by atoms with E-state index in [1.165, 1.54) is 7.11 Å². The molecule has 4 nitrogen and oxygen atoms in total. The Labute approximate surface area is 108 Å². The molecule has 1 aromatic rings. The summed E-state index contributed by atoms with van der Waals surface area (Å²) in [5, 5.41) is 0. The van der Waals surface area contributed by atoms with Crippen LogP contribution in [0, 0.1) is 5.41 Å². The highest BCUT2D eigenvalue weighted by Gasteiger charge is 2.51. The fourth-order valence-electron chi connectivity index (χ4n) is 2.24. The second kappa shape index (κ2) is 5.48. The fourth-order valence-corrected chi connectivity index (χ4v) is 2.24. The summed E-state index contributed by atoms with van der Waals surface area (Å²) in [5.41, 5.74) is 0.862. The highest BCUT2D eigenvalue weighted by atomic mass is 16.5. The summed E-state index contributed by atoms with van der Waals surface area (Å²) in [7, 11) is 3.52. The Hall–Kier alpha value is -1.42. The Morgan fingerprint density at radius 3 is 2.83 bits per heavy atom. The molecule has 0 spiro atoms. The molecule has 0 atom stereocenters. The monoisotopic (exact) mass is 248 g/mol. The predicted molar refractivity (Wildman–Crippen MR) is 69.1 cm³/mol. The van der Waals surface area contributed by atoms with Gasteiger partial charge in [-0.25, -0.2) is 0 Å². The second-order valence-electron chi connectivity index (χ2n) is 5.08. The van der Waals surface area contributed by atoms with Crippen LogP contribution in [0.3, 0.4) is 0 Å². The first-order valence-electron chi connectivity index (χ1n) is 6.33. The Morgan fingerprint density at radius 1 is 1.50 bits per heavy atom. The van der Waals surface area contributed by atoms with Crippen LogP contribution in [0.2, 0.25) is 0 Å². The van der Waals surface area contributed by atoms with Crippen LogP contribution >= 0.6 is 0 Å². The molecular weight excluding hydrogens is 228 g/mol. The predicted octanol–water partition coefficient (Wildman–Crippen LogP) is 1.51. The zero-order valence-corrected chi connectivity index (χ0v) is 11.1. The summed E-state index contributed by atoms with van der Waals surface area (Å²) in [6.07, 6.45) is 4.63. The van der Waals surface area contributed by atoms with Gasteiger partial charge in [-0.15, -0.1) is 0 Å². The van der Waals surface area contributed by atoms with Gasteiger partial charge in [-0.2, -0.15) is 0 Å². The number of esters is 1. The molecular formula is C14H20N2O2. The van der Waals surface area contributed by atoms with Crippen LogP contribution in [0.15, 0.2) is 24.4 Å². The summed E-state index contributed by atoms with van der Waals surface area (Å²) in [6, 6.07) is 5.95. The van der Waals surface area contributed by atoms with E-state index in [-0.39, 0.29) is 11.4 Å². The quantitative estimate of drug-likeness (QED) is 0.716. The van der Waals surface area contributed by atoms with Crippen LogP contribution in [0.4, 0.5) is 0 Å². The summed E-state index contributed by atoms with van der Waals surface area (Å²) in [6.45, 7) is 1.70. The minimum Gasteiger partial charge on any atom is -0.469 e. The molecule has 0 bridgehead atoms. The van der Waals surface area contributed by atoms with Crippen molar-refractivity contribution < 1.29 is 9.53 Å².